The van der Waals surface area contributed by atoms with Crippen LogP contribution in [0, 0.1) is 0 Å². The first-order valence-electron chi connectivity index (χ1n) is 9.46. The van der Waals surface area contributed by atoms with Crippen molar-refractivity contribution in [1.29, 1.82) is 0 Å². The number of nitrogens with zero attached hydrogens (tertiary/aromatic N) is 4. The van der Waals surface area contributed by atoms with Crippen LogP contribution in [0.25, 0.3) is 5.65 Å². The quantitative estimate of drug-likeness (QED) is 0.500. The van der Waals surface area contributed by atoms with Crippen molar-refractivity contribution in [3.8, 4) is 0 Å². The normalized spacial score (nSPS) is 12.3. The molecule has 6 nitrogen and oxygen atoms in total. The van der Waals surface area contributed by atoms with E-state index in [4.69, 9.17) is 4.99 Å². The smallest absolute Gasteiger partial charge is 0.191 e. The summed E-state index contributed by atoms with van der Waals surface area (Å²) >= 11 is 0. The molecule has 6 heteroatoms. The number of hydrogen-bond donors (Lipinski definition) is 2. The molecule has 0 amide bonds. The van der Waals surface area contributed by atoms with Crippen LogP contribution in [0.5, 0.6) is 0 Å². The minimum atomic E-state index is -0.0210. The van der Waals surface area contributed by atoms with E-state index in [1.54, 1.807) is 0 Å². The second-order valence-electron chi connectivity index (χ2n) is 7.17. The molecule has 3 aromatic rings. The summed E-state index contributed by atoms with van der Waals surface area (Å²) in [6, 6.07) is 16.4. The summed E-state index contributed by atoms with van der Waals surface area (Å²) in [5.74, 6) is 1.77. The average Bonchev–Trinajstić information content (AvgIpc) is 3.10. The first kappa shape index (κ1) is 18.9. The van der Waals surface area contributed by atoms with Crippen molar-refractivity contribution in [3.63, 3.8) is 0 Å². The number of hydrogen-bond acceptors (Lipinski definition) is 3. The second-order valence-corrected chi connectivity index (χ2v) is 7.17. The number of aromatic nitrogens is 3. The van der Waals surface area contributed by atoms with E-state index < -0.39 is 0 Å². The van der Waals surface area contributed by atoms with Gasteiger partial charge in [0.1, 0.15) is 5.82 Å². The predicted octanol–water partition coefficient (Wildman–Crippen LogP) is 2.80. The fourth-order valence-corrected chi connectivity index (χ4v) is 2.95. The highest BCUT2D eigenvalue weighted by atomic mass is 15.2. The Hall–Kier alpha value is -2.89. The molecular formula is C21H28N6. The lowest BCUT2D eigenvalue weighted by Crippen LogP contribution is -2.39. The Morgan fingerprint density at radius 3 is 2.59 bits per heavy atom. The van der Waals surface area contributed by atoms with Gasteiger partial charge in [-0.3, -0.25) is 9.39 Å². The van der Waals surface area contributed by atoms with Crippen LogP contribution in [-0.2, 0) is 11.8 Å². The molecule has 3 rings (SSSR count). The van der Waals surface area contributed by atoms with Crippen LogP contribution >= 0.6 is 0 Å². The van der Waals surface area contributed by atoms with E-state index in [9.17, 15) is 0 Å². The molecule has 0 saturated carbocycles. The molecule has 0 atom stereocenters. The zero-order chi connectivity index (χ0) is 19.1. The van der Waals surface area contributed by atoms with Crippen molar-refractivity contribution in [2.75, 3.05) is 19.6 Å². The van der Waals surface area contributed by atoms with E-state index in [1.807, 2.05) is 34.9 Å². The van der Waals surface area contributed by atoms with Gasteiger partial charge in [-0.25, -0.2) is 0 Å². The molecule has 0 bridgehead atoms. The maximum atomic E-state index is 4.79. The van der Waals surface area contributed by atoms with Crippen molar-refractivity contribution in [1.82, 2.24) is 25.2 Å². The monoisotopic (exact) mass is 364 g/mol. The zero-order valence-electron chi connectivity index (χ0n) is 16.3. The summed E-state index contributed by atoms with van der Waals surface area (Å²) in [7, 11) is 0. The molecular weight excluding hydrogens is 336 g/mol. The van der Waals surface area contributed by atoms with Crippen molar-refractivity contribution in [2.24, 2.45) is 4.99 Å². The van der Waals surface area contributed by atoms with E-state index >= 15 is 0 Å². The van der Waals surface area contributed by atoms with Gasteiger partial charge < -0.3 is 10.6 Å². The Kier molecular flexibility index (Phi) is 6.06. The molecule has 0 unspecified atom stereocenters. The van der Waals surface area contributed by atoms with Gasteiger partial charge in [0, 0.05) is 31.1 Å². The van der Waals surface area contributed by atoms with Gasteiger partial charge in [-0.1, -0.05) is 50.2 Å². The largest absolute Gasteiger partial charge is 0.357 e. The van der Waals surface area contributed by atoms with Gasteiger partial charge in [-0.2, -0.15) is 0 Å². The van der Waals surface area contributed by atoms with Gasteiger partial charge in [0.25, 0.3) is 0 Å². The van der Waals surface area contributed by atoms with Crippen LogP contribution < -0.4 is 10.6 Å². The molecule has 2 heterocycles. The van der Waals surface area contributed by atoms with Crippen LogP contribution in [0.4, 0.5) is 0 Å². The number of fused-ring (bicyclic) bond motifs is 1. The van der Waals surface area contributed by atoms with Crippen LogP contribution in [0.3, 0.4) is 0 Å². The molecule has 0 aliphatic carbocycles. The van der Waals surface area contributed by atoms with Crippen molar-refractivity contribution in [3.05, 3.63) is 66.1 Å². The second kappa shape index (κ2) is 8.66. The number of benzene rings is 1. The number of rotatable bonds is 7. The maximum absolute atomic E-state index is 4.79. The van der Waals surface area contributed by atoms with Crippen LogP contribution in [0.1, 0.15) is 32.2 Å². The van der Waals surface area contributed by atoms with E-state index in [0.717, 1.165) is 36.9 Å². The highest BCUT2D eigenvalue weighted by molar-refractivity contribution is 5.79. The number of nitrogens with one attached hydrogen (secondary N) is 2. The average molecular weight is 364 g/mol. The first-order valence-corrected chi connectivity index (χ1v) is 9.46. The number of aliphatic imine (C=N–C) groups is 1. The van der Waals surface area contributed by atoms with E-state index in [1.165, 1.54) is 5.56 Å². The van der Waals surface area contributed by atoms with Crippen molar-refractivity contribution >= 4 is 11.6 Å². The topological polar surface area (TPSA) is 66.6 Å². The molecule has 142 valence electrons. The van der Waals surface area contributed by atoms with Gasteiger partial charge in [-0.15, -0.1) is 10.2 Å². The van der Waals surface area contributed by atoms with Gasteiger partial charge >= 0.3 is 0 Å². The third-order valence-electron chi connectivity index (χ3n) is 4.56. The van der Waals surface area contributed by atoms with Gasteiger partial charge in [-0.05, 0) is 24.6 Å². The molecule has 0 fully saturated rings. The minimum absolute atomic E-state index is 0.0210. The molecule has 0 aliphatic heterocycles. The molecule has 2 aromatic heterocycles. The highest BCUT2D eigenvalue weighted by Crippen LogP contribution is 2.22. The van der Waals surface area contributed by atoms with E-state index in [2.05, 4.69) is 65.9 Å². The summed E-state index contributed by atoms with van der Waals surface area (Å²) in [6.07, 6.45) is 2.77. The lowest BCUT2D eigenvalue weighted by molar-refractivity contribution is 0.537. The molecule has 1 aromatic carbocycles. The Morgan fingerprint density at radius 1 is 1.04 bits per heavy atom. The summed E-state index contributed by atoms with van der Waals surface area (Å²) in [5.41, 5.74) is 2.14. The predicted molar refractivity (Wildman–Crippen MR) is 110 cm³/mol. The van der Waals surface area contributed by atoms with Crippen LogP contribution in [-0.4, -0.2) is 40.2 Å². The lowest BCUT2D eigenvalue weighted by atomic mass is 9.85. The van der Waals surface area contributed by atoms with Gasteiger partial charge in [0.15, 0.2) is 11.6 Å². The number of guanidine groups is 1. The van der Waals surface area contributed by atoms with E-state index in [0.29, 0.717) is 6.54 Å². The zero-order valence-corrected chi connectivity index (χ0v) is 16.3. The Bertz CT molecular complexity index is 882. The summed E-state index contributed by atoms with van der Waals surface area (Å²) in [4.78, 5) is 4.79. The third kappa shape index (κ3) is 4.84. The molecule has 0 saturated heterocycles. The van der Waals surface area contributed by atoms with Crippen LogP contribution in [0.15, 0.2) is 59.7 Å². The Labute approximate surface area is 160 Å². The Balaban J connectivity index is 1.61. The summed E-state index contributed by atoms with van der Waals surface area (Å²) < 4.78 is 2.02. The van der Waals surface area contributed by atoms with Gasteiger partial charge in [0.2, 0.25) is 0 Å². The fourth-order valence-electron chi connectivity index (χ4n) is 2.95. The van der Waals surface area contributed by atoms with Crippen LogP contribution in [0.2, 0.25) is 0 Å². The highest BCUT2D eigenvalue weighted by Gasteiger charge is 2.20. The SMILES string of the molecule is CCNC(=NCC(C)(C)c1ccccc1)NCCc1nnc2ccccn12. The summed E-state index contributed by atoms with van der Waals surface area (Å²) in [5, 5.41) is 15.2. The molecule has 0 radical (unpaired) electrons. The van der Waals surface area contributed by atoms with Crippen molar-refractivity contribution < 1.29 is 0 Å². The maximum Gasteiger partial charge on any atom is 0.191 e. The summed E-state index contributed by atoms with van der Waals surface area (Å²) in [6.45, 7) is 8.79. The van der Waals surface area contributed by atoms with Crippen molar-refractivity contribution in [2.45, 2.75) is 32.6 Å². The molecule has 0 aliphatic rings. The number of pyridine rings is 1. The Morgan fingerprint density at radius 2 is 1.81 bits per heavy atom. The lowest BCUT2D eigenvalue weighted by Gasteiger charge is -2.23. The van der Waals surface area contributed by atoms with Gasteiger partial charge in [0.05, 0.1) is 6.54 Å². The van der Waals surface area contributed by atoms with E-state index in [-0.39, 0.29) is 5.41 Å². The molecule has 2 N–H and O–H groups in total. The first-order chi connectivity index (χ1) is 13.1. The fraction of sp³-hybridized carbons (Fsp3) is 0.381. The minimum Gasteiger partial charge on any atom is -0.357 e. The standard InChI is InChI=1S/C21H28N6/c1-4-22-20(24-16-21(2,3)17-10-6-5-7-11-17)23-14-13-19-26-25-18-12-8-9-15-27(18)19/h5-12,15H,4,13-14,16H2,1-3H3,(H2,22,23,24). The third-order valence-corrected chi connectivity index (χ3v) is 4.56. The molecule has 27 heavy (non-hydrogen) atoms. The molecule has 0 spiro atoms.